The van der Waals surface area contributed by atoms with Gasteiger partial charge in [0.25, 0.3) is 5.91 Å². The molecule has 3 aromatic carbocycles. The molecular weight excluding hydrogens is 427 g/mol. The maximum Gasteiger partial charge on any atom is 0.253 e. The second-order valence-electron chi connectivity index (χ2n) is 6.97. The summed E-state index contributed by atoms with van der Waals surface area (Å²) in [5.41, 5.74) is 2.68. The molecule has 1 amide bonds. The van der Waals surface area contributed by atoms with Crippen LogP contribution in [0.15, 0.2) is 72.8 Å². The lowest BCUT2D eigenvalue weighted by atomic mass is 10.0. The summed E-state index contributed by atoms with van der Waals surface area (Å²) in [7, 11) is 0. The Balaban J connectivity index is 1.68. The molecule has 0 radical (unpaired) electrons. The molecule has 0 saturated carbocycles. The molecule has 1 saturated heterocycles. The zero-order valence-corrected chi connectivity index (χ0v) is 17.8. The number of piperazine rings is 1. The predicted octanol–water partition coefficient (Wildman–Crippen LogP) is 6.35. The quantitative estimate of drug-likeness (QED) is 0.469. The molecule has 1 aliphatic rings. The van der Waals surface area contributed by atoms with Gasteiger partial charge in [0.05, 0.1) is 16.8 Å². The molecule has 1 unspecified atom stereocenters. The summed E-state index contributed by atoms with van der Waals surface area (Å²) in [6.45, 7) is 1.82. The van der Waals surface area contributed by atoms with Gasteiger partial charge in [0.2, 0.25) is 0 Å². The van der Waals surface area contributed by atoms with E-state index in [9.17, 15) is 4.79 Å². The highest BCUT2D eigenvalue weighted by molar-refractivity contribution is 6.36. The minimum atomic E-state index is -0.0487. The van der Waals surface area contributed by atoms with Gasteiger partial charge in [-0.3, -0.25) is 4.79 Å². The van der Waals surface area contributed by atoms with Crippen molar-refractivity contribution in [1.29, 1.82) is 0 Å². The van der Waals surface area contributed by atoms with Crippen LogP contribution in [-0.2, 0) is 0 Å². The van der Waals surface area contributed by atoms with Crippen LogP contribution >= 0.6 is 34.8 Å². The molecule has 0 N–H and O–H groups in total. The van der Waals surface area contributed by atoms with E-state index in [1.807, 2.05) is 71.6 Å². The molecule has 29 heavy (non-hydrogen) atoms. The van der Waals surface area contributed by atoms with E-state index in [1.165, 1.54) is 0 Å². The number of hydrogen-bond acceptors (Lipinski definition) is 2. The third kappa shape index (κ3) is 4.37. The minimum absolute atomic E-state index is 0.0337. The molecule has 148 valence electrons. The maximum atomic E-state index is 13.0. The van der Waals surface area contributed by atoms with Crippen LogP contribution in [0.3, 0.4) is 0 Å². The van der Waals surface area contributed by atoms with Gasteiger partial charge in [0.1, 0.15) is 0 Å². The third-order valence-electron chi connectivity index (χ3n) is 5.16. The van der Waals surface area contributed by atoms with Crippen molar-refractivity contribution in [3.8, 4) is 0 Å². The normalized spacial score (nSPS) is 16.7. The lowest BCUT2D eigenvalue weighted by molar-refractivity contribution is 0.0722. The Bertz CT molecular complexity index is 1010. The first-order valence-electron chi connectivity index (χ1n) is 9.34. The average molecular weight is 446 g/mol. The second-order valence-corrected chi connectivity index (χ2v) is 8.25. The number of carbonyl (C=O) groups excluding carboxylic acids is 1. The molecule has 0 spiro atoms. The van der Waals surface area contributed by atoms with Gasteiger partial charge in [-0.15, -0.1) is 0 Å². The number of halogens is 3. The number of nitrogens with zero attached hydrogens (tertiary/aromatic N) is 2. The van der Waals surface area contributed by atoms with Crippen molar-refractivity contribution in [3.05, 3.63) is 99.0 Å². The van der Waals surface area contributed by atoms with Gasteiger partial charge in [-0.25, -0.2) is 0 Å². The Morgan fingerprint density at radius 2 is 1.52 bits per heavy atom. The van der Waals surface area contributed by atoms with Gasteiger partial charge in [0.15, 0.2) is 0 Å². The highest BCUT2D eigenvalue weighted by Crippen LogP contribution is 2.37. The number of rotatable bonds is 3. The van der Waals surface area contributed by atoms with Crippen LogP contribution in [0.25, 0.3) is 0 Å². The molecular formula is C23H19Cl3N2O. The van der Waals surface area contributed by atoms with E-state index in [0.717, 1.165) is 11.3 Å². The molecule has 0 aliphatic carbocycles. The summed E-state index contributed by atoms with van der Waals surface area (Å²) < 4.78 is 0. The summed E-state index contributed by atoms with van der Waals surface area (Å²) >= 11 is 18.7. The Morgan fingerprint density at radius 1 is 0.828 bits per heavy atom. The van der Waals surface area contributed by atoms with E-state index in [2.05, 4.69) is 4.90 Å². The van der Waals surface area contributed by atoms with Crippen LogP contribution < -0.4 is 4.90 Å². The largest absolute Gasteiger partial charge is 0.360 e. The molecule has 3 aromatic rings. The van der Waals surface area contributed by atoms with Crippen LogP contribution in [0.2, 0.25) is 15.1 Å². The zero-order chi connectivity index (χ0) is 20.4. The van der Waals surface area contributed by atoms with Crippen LogP contribution in [-0.4, -0.2) is 30.4 Å². The first kappa shape index (κ1) is 20.1. The number of anilines is 1. The number of carbonyl (C=O) groups is 1. The average Bonchev–Trinajstić information content (AvgIpc) is 2.74. The van der Waals surface area contributed by atoms with E-state index in [1.54, 1.807) is 6.07 Å². The maximum absolute atomic E-state index is 13.0. The Kier molecular flexibility index (Phi) is 6.00. The van der Waals surface area contributed by atoms with Gasteiger partial charge >= 0.3 is 0 Å². The molecule has 0 aromatic heterocycles. The highest BCUT2D eigenvalue weighted by Gasteiger charge is 2.32. The lowest BCUT2D eigenvalue weighted by Gasteiger charge is -2.43. The third-order valence-corrected chi connectivity index (χ3v) is 5.95. The van der Waals surface area contributed by atoms with Gasteiger partial charge in [-0.2, -0.15) is 0 Å². The van der Waals surface area contributed by atoms with Crippen LogP contribution in [0.5, 0.6) is 0 Å². The van der Waals surface area contributed by atoms with Crippen molar-refractivity contribution in [2.45, 2.75) is 6.04 Å². The molecule has 1 atom stereocenters. The Labute approximate surface area is 185 Å². The van der Waals surface area contributed by atoms with E-state index in [0.29, 0.717) is 40.3 Å². The van der Waals surface area contributed by atoms with Crippen molar-refractivity contribution >= 4 is 46.4 Å². The van der Waals surface area contributed by atoms with Crippen molar-refractivity contribution in [2.24, 2.45) is 0 Å². The summed E-state index contributed by atoms with van der Waals surface area (Å²) in [4.78, 5) is 17.2. The van der Waals surface area contributed by atoms with E-state index in [-0.39, 0.29) is 11.9 Å². The number of hydrogen-bond donors (Lipinski definition) is 0. The first-order valence-corrected chi connectivity index (χ1v) is 10.5. The molecule has 1 fully saturated rings. The van der Waals surface area contributed by atoms with Gasteiger partial charge in [-0.1, -0.05) is 65.1 Å². The summed E-state index contributed by atoms with van der Waals surface area (Å²) in [5.74, 6) is 0.0337. The van der Waals surface area contributed by atoms with Crippen LogP contribution in [0, 0.1) is 0 Å². The number of amides is 1. The smallest absolute Gasteiger partial charge is 0.253 e. The Hall–Kier alpha value is -2.20. The Morgan fingerprint density at radius 3 is 2.21 bits per heavy atom. The fourth-order valence-corrected chi connectivity index (χ4v) is 4.35. The minimum Gasteiger partial charge on any atom is -0.360 e. The van der Waals surface area contributed by atoms with E-state index >= 15 is 0 Å². The first-order chi connectivity index (χ1) is 14.0. The monoisotopic (exact) mass is 444 g/mol. The summed E-state index contributed by atoms with van der Waals surface area (Å²) in [6.07, 6.45) is 0. The van der Waals surface area contributed by atoms with Crippen molar-refractivity contribution < 1.29 is 4.79 Å². The predicted molar refractivity (Wildman–Crippen MR) is 120 cm³/mol. The molecule has 3 nitrogen and oxygen atoms in total. The van der Waals surface area contributed by atoms with Gasteiger partial charge in [0, 0.05) is 35.2 Å². The molecule has 1 aliphatic heterocycles. The van der Waals surface area contributed by atoms with E-state index < -0.39 is 0 Å². The lowest BCUT2D eigenvalue weighted by Crippen LogP contribution is -2.50. The fourth-order valence-electron chi connectivity index (χ4n) is 3.70. The highest BCUT2D eigenvalue weighted by atomic mass is 35.5. The SMILES string of the molecule is O=C(c1ccccc1)N1CCN(c2ccc(Cl)cc2Cl)C(c2ccc(Cl)cc2)C1. The van der Waals surface area contributed by atoms with Crippen molar-refractivity contribution in [2.75, 3.05) is 24.5 Å². The van der Waals surface area contributed by atoms with Crippen LogP contribution in [0.4, 0.5) is 5.69 Å². The van der Waals surface area contributed by atoms with Gasteiger partial charge in [-0.05, 0) is 48.0 Å². The number of benzene rings is 3. The molecule has 6 heteroatoms. The molecule has 4 rings (SSSR count). The molecule has 1 heterocycles. The zero-order valence-electron chi connectivity index (χ0n) is 15.6. The van der Waals surface area contributed by atoms with Crippen molar-refractivity contribution in [1.82, 2.24) is 4.90 Å². The van der Waals surface area contributed by atoms with Gasteiger partial charge < -0.3 is 9.80 Å². The molecule has 0 bridgehead atoms. The van der Waals surface area contributed by atoms with Crippen LogP contribution in [0.1, 0.15) is 22.0 Å². The topological polar surface area (TPSA) is 23.6 Å². The van der Waals surface area contributed by atoms with E-state index in [4.69, 9.17) is 34.8 Å². The summed E-state index contributed by atoms with van der Waals surface area (Å²) in [6, 6.07) is 22.6. The second kappa shape index (κ2) is 8.66. The fraction of sp³-hybridized carbons (Fsp3) is 0.174. The summed E-state index contributed by atoms with van der Waals surface area (Å²) in [5, 5.41) is 1.87. The standard InChI is InChI=1S/C23H19Cl3N2O/c24-18-8-6-16(7-9-18)22-15-27(23(29)17-4-2-1-3-5-17)12-13-28(22)21-11-10-19(25)14-20(21)26/h1-11,14,22H,12-13,15H2. The van der Waals surface area contributed by atoms with Crippen molar-refractivity contribution in [3.63, 3.8) is 0 Å².